The van der Waals surface area contributed by atoms with Gasteiger partial charge in [-0.25, -0.2) is 9.97 Å². The van der Waals surface area contributed by atoms with Crippen molar-refractivity contribution in [3.8, 4) is 11.3 Å². The first kappa shape index (κ1) is 16.8. The van der Waals surface area contributed by atoms with Crippen LogP contribution in [0.4, 0.5) is 5.82 Å². The minimum absolute atomic E-state index is 0.531. The van der Waals surface area contributed by atoms with Gasteiger partial charge in [-0.05, 0) is 25.0 Å². The molecular formula is C19H24N4S. The highest BCUT2D eigenvalue weighted by atomic mass is 32.1. The summed E-state index contributed by atoms with van der Waals surface area (Å²) < 4.78 is 0. The predicted molar refractivity (Wildman–Crippen MR) is 102 cm³/mol. The van der Waals surface area contributed by atoms with Crippen LogP contribution in [-0.2, 0) is 0 Å². The molecule has 0 unspecified atom stereocenters. The molecule has 0 bridgehead atoms. The zero-order valence-electron chi connectivity index (χ0n) is 14.3. The maximum atomic E-state index is 4.52. The Kier molecular flexibility index (Phi) is 5.75. The fraction of sp³-hybridized carbons (Fsp3) is 0.421. The summed E-state index contributed by atoms with van der Waals surface area (Å²) in [5.74, 6) is 0.957. The lowest BCUT2D eigenvalue weighted by atomic mass is 9.95. The van der Waals surface area contributed by atoms with E-state index in [2.05, 4.69) is 25.6 Å². The predicted octanol–water partition coefficient (Wildman–Crippen LogP) is 5.52. The monoisotopic (exact) mass is 340 g/mol. The molecule has 3 aromatic heterocycles. The number of thiophene rings is 1. The molecule has 0 aromatic carbocycles. The van der Waals surface area contributed by atoms with Crippen LogP contribution in [0.1, 0.15) is 46.0 Å². The van der Waals surface area contributed by atoms with E-state index in [0.29, 0.717) is 6.04 Å². The quantitative estimate of drug-likeness (QED) is 0.681. The molecule has 126 valence electrons. The molecule has 3 heterocycles. The van der Waals surface area contributed by atoms with Crippen LogP contribution in [-0.4, -0.2) is 21.0 Å². The van der Waals surface area contributed by atoms with Gasteiger partial charge in [0.15, 0.2) is 0 Å². The molecule has 0 radical (unpaired) electrons. The van der Waals surface area contributed by atoms with Crippen LogP contribution in [0.3, 0.4) is 0 Å². The normalized spacial score (nSPS) is 14.9. The van der Waals surface area contributed by atoms with E-state index in [9.17, 15) is 0 Å². The molecule has 0 aliphatic heterocycles. The van der Waals surface area contributed by atoms with E-state index < -0.39 is 0 Å². The Labute approximate surface area is 147 Å². The highest BCUT2D eigenvalue weighted by molar-refractivity contribution is 7.17. The second kappa shape index (κ2) is 8.20. The lowest BCUT2D eigenvalue weighted by molar-refractivity contribution is 0.462. The second-order valence-electron chi connectivity index (χ2n) is 5.75. The number of anilines is 1. The number of rotatable bonds is 3. The molecule has 1 fully saturated rings. The van der Waals surface area contributed by atoms with Crippen molar-refractivity contribution in [2.24, 2.45) is 0 Å². The van der Waals surface area contributed by atoms with Crippen molar-refractivity contribution in [2.75, 3.05) is 5.32 Å². The molecule has 24 heavy (non-hydrogen) atoms. The Morgan fingerprint density at radius 1 is 1.04 bits per heavy atom. The smallest absolute Gasteiger partial charge is 0.139 e. The van der Waals surface area contributed by atoms with E-state index in [1.54, 1.807) is 17.7 Å². The summed E-state index contributed by atoms with van der Waals surface area (Å²) in [6.45, 7) is 4.00. The Balaban J connectivity index is 0.000000815. The van der Waals surface area contributed by atoms with Gasteiger partial charge in [0, 0.05) is 23.2 Å². The molecule has 0 atom stereocenters. The van der Waals surface area contributed by atoms with E-state index in [1.165, 1.54) is 32.1 Å². The maximum Gasteiger partial charge on any atom is 0.139 e. The number of fused-ring (bicyclic) bond motifs is 1. The van der Waals surface area contributed by atoms with Crippen LogP contribution in [0.25, 0.3) is 21.5 Å². The molecule has 1 saturated carbocycles. The van der Waals surface area contributed by atoms with E-state index in [4.69, 9.17) is 0 Å². The average Bonchev–Trinajstić information content (AvgIpc) is 3.10. The van der Waals surface area contributed by atoms with Gasteiger partial charge in [0.1, 0.15) is 17.0 Å². The summed E-state index contributed by atoms with van der Waals surface area (Å²) in [7, 11) is 0. The molecule has 3 aromatic rings. The minimum Gasteiger partial charge on any atom is -0.367 e. The average molecular weight is 340 g/mol. The third-order valence-corrected chi connectivity index (χ3v) is 5.14. The molecular weight excluding hydrogens is 316 g/mol. The summed E-state index contributed by atoms with van der Waals surface area (Å²) in [5, 5.41) is 6.89. The van der Waals surface area contributed by atoms with Crippen molar-refractivity contribution in [1.29, 1.82) is 0 Å². The first-order valence-corrected chi connectivity index (χ1v) is 9.70. The molecule has 1 aliphatic carbocycles. The largest absolute Gasteiger partial charge is 0.367 e. The third kappa shape index (κ3) is 3.56. The first-order chi connectivity index (χ1) is 11.9. The van der Waals surface area contributed by atoms with Gasteiger partial charge in [-0.15, -0.1) is 11.3 Å². The van der Waals surface area contributed by atoms with Gasteiger partial charge in [0.05, 0.1) is 11.1 Å². The molecule has 4 rings (SSSR count). The van der Waals surface area contributed by atoms with Crippen molar-refractivity contribution >= 4 is 27.4 Å². The number of hydrogen-bond donors (Lipinski definition) is 1. The van der Waals surface area contributed by atoms with Crippen molar-refractivity contribution in [3.63, 3.8) is 0 Å². The molecule has 1 N–H and O–H groups in total. The van der Waals surface area contributed by atoms with Gasteiger partial charge in [-0.1, -0.05) is 39.2 Å². The Bertz CT molecular complexity index is 763. The standard InChI is InChI=1S/C17H18N4S.C2H6/c1-2-6-12(7-3-1)21-16-15-13(14-8-4-5-9-18-14)10-22-17(15)20-11-19-16;1-2/h4-5,8-12H,1-3,6-7H2,(H,19,20,21);1-2H3. The van der Waals surface area contributed by atoms with Crippen molar-refractivity contribution in [2.45, 2.75) is 52.0 Å². The number of nitrogens with zero attached hydrogens (tertiary/aromatic N) is 3. The molecule has 1 aliphatic rings. The Morgan fingerprint density at radius 2 is 1.88 bits per heavy atom. The molecule has 5 heteroatoms. The van der Waals surface area contributed by atoms with Crippen LogP contribution in [0.2, 0.25) is 0 Å². The number of aromatic nitrogens is 3. The SMILES string of the molecule is CC.c1ccc(-c2csc3ncnc(NC4CCCCC4)c23)nc1. The van der Waals surface area contributed by atoms with Crippen LogP contribution < -0.4 is 5.32 Å². The van der Waals surface area contributed by atoms with E-state index in [1.807, 2.05) is 38.2 Å². The van der Waals surface area contributed by atoms with Gasteiger partial charge < -0.3 is 5.32 Å². The Hall–Kier alpha value is -2.01. The topological polar surface area (TPSA) is 50.7 Å². The minimum atomic E-state index is 0.531. The van der Waals surface area contributed by atoms with Gasteiger partial charge in [-0.2, -0.15) is 0 Å². The Morgan fingerprint density at radius 3 is 2.62 bits per heavy atom. The van der Waals surface area contributed by atoms with Crippen molar-refractivity contribution in [3.05, 3.63) is 36.1 Å². The van der Waals surface area contributed by atoms with Gasteiger partial charge in [0.25, 0.3) is 0 Å². The first-order valence-electron chi connectivity index (χ1n) is 8.82. The zero-order chi connectivity index (χ0) is 16.8. The number of nitrogens with one attached hydrogen (secondary N) is 1. The number of pyridine rings is 1. The summed E-state index contributed by atoms with van der Waals surface area (Å²) in [6.07, 6.45) is 9.92. The van der Waals surface area contributed by atoms with Gasteiger partial charge >= 0.3 is 0 Å². The van der Waals surface area contributed by atoms with Crippen LogP contribution >= 0.6 is 11.3 Å². The third-order valence-electron chi connectivity index (χ3n) is 4.26. The summed E-state index contributed by atoms with van der Waals surface area (Å²) in [6, 6.07) is 6.53. The highest BCUT2D eigenvalue weighted by Crippen LogP contribution is 2.36. The fourth-order valence-corrected chi connectivity index (χ4v) is 4.04. The van der Waals surface area contributed by atoms with E-state index in [0.717, 1.165) is 27.3 Å². The molecule has 0 amide bonds. The van der Waals surface area contributed by atoms with Crippen molar-refractivity contribution < 1.29 is 0 Å². The summed E-state index contributed by atoms with van der Waals surface area (Å²) in [4.78, 5) is 14.4. The maximum absolute atomic E-state index is 4.52. The van der Waals surface area contributed by atoms with Crippen molar-refractivity contribution in [1.82, 2.24) is 15.0 Å². The zero-order valence-corrected chi connectivity index (χ0v) is 15.1. The molecule has 4 nitrogen and oxygen atoms in total. The summed E-state index contributed by atoms with van der Waals surface area (Å²) in [5.41, 5.74) is 2.11. The molecule has 0 saturated heterocycles. The molecule has 0 spiro atoms. The van der Waals surface area contributed by atoms with Gasteiger partial charge in [-0.3, -0.25) is 4.98 Å². The van der Waals surface area contributed by atoms with E-state index >= 15 is 0 Å². The highest BCUT2D eigenvalue weighted by Gasteiger charge is 2.18. The number of hydrogen-bond acceptors (Lipinski definition) is 5. The fourth-order valence-electron chi connectivity index (χ4n) is 3.14. The van der Waals surface area contributed by atoms with E-state index in [-0.39, 0.29) is 0 Å². The van der Waals surface area contributed by atoms with Crippen LogP contribution in [0, 0.1) is 0 Å². The van der Waals surface area contributed by atoms with Crippen LogP contribution in [0.15, 0.2) is 36.1 Å². The second-order valence-corrected chi connectivity index (χ2v) is 6.60. The lowest BCUT2D eigenvalue weighted by Gasteiger charge is -2.23. The summed E-state index contributed by atoms with van der Waals surface area (Å²) >= 11 is 1.65. The van der Waals surface area contributed by atoms with Gasteiger partial charge in [0.2, 0.25) is 0 Å². The lowest BCUT2D eigenvalue weighted by Crippen LogP contribution is -2.22. The van der Waals surface area contributed by atoms with Crippen LogP contribution in [0.5, 0.6) is 0 Å².